The van der Waals surface area contributed by atoms with E-state index in [0.717, 1.165) is 25.7 Å². The van der Waals surface area contributed by atoms with Crippen molar-refractivity contribution in [3.63, 3.8) is 0 Å². The van der Waals surface area contributed by atoms with Gasteiger partial charge in [-0.05, 0) is 26.7 Å². The maximum Gasteiger partial charge on any atom is 0.347 e. The van der Waals surface area contributed by atoms with Gasteiger partial charge >= 0.3 is 11.9 Å². The van der Waals surface area contributed by atoms with Crippen LogP contribution in [-0.4, -0.2) is 24.6 Å². The summed E-state index contributed by atoms with van der Waals surface area (Å²) in [5, 5.41) is 0. The van der Waals surface area contributed by atoms with Crippen LogP contribution in [0.25, 0.3) is 0 Å². The van der Waals surface area contributed by atoms with Crippen molar-refractivity contribution in [2.75, 3.05) is 6.61 Å². The Morgan fingerprint density at radius 3 is 2.22 bits per heavy atom. The Morgan fingerprint density at radius 1 is 1.22 bits per heavy atom. The number of carbonyl (C=O) groups is 2. The molecule has 0 N–H and O–H groups in total. The lowest BCUT2D eigenvalue weighted by Gasteiger charge is -2.26. The third-order valence-electron chi connectivity index (χ3n) is 3.56. The second-order valence-electron chi connectivity index (χ2n) is 5.59. The van der Waals surface area contributed by atoms with Crippen LogP contribution in [0.2, 0.25) is 0 Å². The molecule has 0 saturated heterocycles. The van der Waals surface area contributed by atoms with Gasteiger partial charge in [0.1, 0.15) is 0 Å². The highest BCUT2D eigenvalue weighted by Crippen LogP contribution is 2.39. The van der Waals surface area contributed by atoms with E-state index in [1.807, 2.05) is 20.8 Å². The molecule has 1 rings (SSSR count). The first-order valence-corrected chi connectivity index (χ1v) is 6.78. The molecule has 1 unspecified atom stereocenters. The smallest absolute Gasteiger partial charge is 0.347 e. The molecule has 1 aliphatic rings. The monoisotopic (exact) mass is 256 g/mol. The van der Waals surface area contributed by atoms with E-state index >= 15 is 0 Å². The average Bonchev–Trinajstić information content (AvgIpc) is 2.73. The number of esters is 2. The van der Waals surface area contributed by atoms with Crippen LogP contribution in [0.5, 0.6) is 0 Å². The first kappa shape index (κ1) is 15.0. The summed E-state index contributed by atoms with van der Waals surface area (Å²) in [4.78, 5) is 23.9. The zero-order chi connectivity index (χ0) is 13.8. The van der Waals surface area contributed by atoms with Crippen molar-refractivity contribution < 1.29 is 19.1 Å². The first-order chi connectivity index (χ1) is 8.40. The molecule has 0 aliphatic heterocycles. The fourth-order valence-electron chi connectivity index (χ4n) is 2.30. The fourth-order valence-corrected chi connectivity index (χ4v) is 2.30. The van der Waals surface area contributed by atoms with E-state index in [2.05, 4.69) is 0 Å². The van der Waals surface area contributed by atoms with Gasteiger partial charge in [0.15, 0.2) is 0 Å². The molecule has 0 aromatic rings. The molecule has 4 heteroatoms. The van der Waals surface area contributed by atoms with Crippen molar-refractivity contribution in [3.8, 4) is 0 Å². The van der Waals surface area contributed by atoms with Gasteiger partial charge in [-0.3, -0.25) is 4.79 Å². The Bertz CT molecular complexity index is 303. The summed E-state index contributed by atoms with van der Waals surface area (Å²) in [6.07, 6.45) is 3.02. The number of carbonyl (C=O) groups excluding carboxylic acids is 2. The molecule has 1 atom stereocenters. The predicted octanol–water partition coefficient (Wildman–Crippen LogP) is 2.70. The highest BCUT2D eigenvalue weighted by molar-refractivity contribution is 5.82. The average molecular weight is 256 g/mol. The molecule has 1 fully saturated rings. The Morgan fingerprint density at radius 2 is 1.78 bits per heavy atom. The van der Waals surface area contributed by atoms with Gasteiger partial charge in [-0.2, -0.15) is 0 Å². The molecule has 18 heavy (non-hydrogen) atoms. The van der Waals surface area contributed by atoms with Gasteiger partial charge in [0, 0.05) is 5.92 Å². The Kier molecular flexibility index (Phi) is 5.17. The summed E-state index contributed by atoms with van der Waals surface area (Å²) >= 11 is 0. The fraction of sp³-hybridized carbons (Fsp3) is 0.857. The van der Waals surface area contributed by atoms with Gasteiger partial charge in [0.05, 0.1) is 12.0 Å². The molecule has 0 aromatic carbocycles. The van der Waals surface area contributed by atoms with Crippen LogP contribution in [0.3, 0.4) is 0 Å². The first-order valence-electron chi connectivity index (χ1n) is 6.78. The molecule has 1 aliphatic carbocycles. The zero-order valence-corrected chi connectivity index (χ0v) is 11.8. The molecule has 0 bridgehead atoms. The molecule has 0 radical (unpaired) electrons. The maximum atomic E-state index is 12.2. The molecule has 4 nitrogen and oxygen atoms in total. The van der Waals surface area contributed by atoms with Gasteiger partial charge in [-0.15, -0.1) is 0 Å². The van der Waals surface area contributed by atoms with Crippen LogP contribution >= 0.6 is 0 Å². The highest BCUT2D eigenvalue weighted by Gasteiger charge is 2.40. The van der Waals surface area contributed by atoms with Gasteiger partial charge in [-0.1, -0.05) is 26.7 Å². The maximum absolute atomic E-state index is 12.2. The van der Waals surface area contributed by atoms with Gasteiger partial charge in [0.25, 0.3) is 0 Å². The third-order valence-corrected chi connectivity index (χ3v) is 3.56. The van der Waals surface area contributed by atoms with Crippen molar-refractivity contribution in [1.82, 2.24) is 0 Å². The highest BCUT2D eigenvalue weighted by atomic mass is 16.6. The SMILES string of the molecule is CCOC(=O)C(OC(=O)C1(C)CCCC1)C(C)C. The largest absolute Gasteiger partial charge is 0.463 e. The van der Waals surface area contributed by atoms with Crippen LogP contribution < -0.4 is 0 Å². The predicted molar refractivity (Wildman–Crippen MR) is 67.9 cm³/mol. The lowest BCUT2D eigenvalue weighted by molar-refractivity contribution is -0.177. The molecule has 0 heterocycles. The minimum absolute atomic E-state index is 0.0713. The van der Waals surface area contributed by atoms with Crippen LogP contribution in [0.1, 0.15) is 53.4 Å². The zero-order valence-electron chi connectivity index (χ0n) is 11.8. The van der Waals surface area contributed by atoms with Gasteiger partial charge < -0.3 is 9.47 Å². The van der Waals surface area contributed by atoms with Crippen molar-refractivity contribution >= 4 is 11.9 Å². The number of rotatable bonds is 5. The number of hydrogen-bond donors (Lipinski definition) is 0. The minimum Gasteiger partial charge on any atom is -0.463 e. The van der Waals surface area contributed by atoms with Crippen LogP contribution in [0.15, 0.2) is 0 Å². The van der Waals surface area contributed by atoms with E-state index in [-0.39, 0.29) is 11.9 Å². The second kappa shape index (κ2) is 6.21. The van der Waals surface area contributed by atoms with Crippen molar-refractivity contribution in [2.45, 2.75) is 59.5 Å². The molecular formula is C14H24O4. The summed E-state index contributed by atoms with van der Waals surface area (Å²) < 4.78 is 10.3. The van der Waals surface area contributed by atoms with E-state index in [1.165, 1.54) is 0 Å². The lowest BCUT2D eigenvalue weighted by atomic mass is 9.89. The normalized spacial score (nSPS) is 19.6. The van der Waals surface area contributed by atoms with E-state index in [9.17, 15) is 9.59 Å². The Labute approximate surface area is 109 Å². The summed E-state index contributed by atoms with van der Waals surface area (Å²) in [6.45, 7) is 7.68. The van der Waals surface area contributed by atoms with E-state index in [4.69, 9.17) is 9.47 Å². The summed E-state index contributed by atoms with van der Waals surface area (Å²) in [7, 11) is 0. The van der Waals surface area contributed by atoms with Crippen LogP contribution in [-0.2, 0) is 19.1 Å². The van der Waals surface area contributed by atoms with Gasteiger partial charge in [0.2, 0.25) is 6.10 Å². The molecular weight excluding hydrogens is 232 g/mol. The number of hydrogen-bond acceptors (Lipinski definition) is 4. The standard InChI is InChI=1S/C14H24O4/c1-5-17-12(15)11(10(2)3)18-13(16)14(4)8-6-7-9-14/h10-11H,5-9H2,1-4H3. The quantitative estimate of drug-likeness (QED) is 0.710. The summed E-state index contributed by atoms with van der Waals surface area (Å²) in [5.74, 6) is -0.771. The van der Waals surface area contributed by atoms with Crippen molar-refractivity contribution in [1.29, 1.82) is 0 Å². The third kappa shape index (κ3) is 3.47. The molecule has 0 amide bonds. The summed E-state index contributed by atoms with van der Waals surface area (Å²) in [6, 6.07) is 0. The lowest BCUT2D eigenvalue weighted by Crippen LogP contribution is -2.38. The Balaban J connectivity index is 2.66. The number of ether oxygens (including phenoxy) is 2. The van der Waals surface area contributed by atoms with E-state index < -0.39 is 17.5 Å². The molecule has 0 spiro atoms. The molecule has 104 valence electrons. The van der Waals surface area contributed by atoms with Crippen LogP contribution in [0.4, 0.5) is 0 Å². The minimum atomic E-state index is -0.783. The summed E-state index contributed by atoms with van der Waals surface area (Å²) in [5.41, 5.74) is -0.417. The van der Waals surface area contributed by atoms with Gasteiger partial charge in [-0.25, -0.2) is 4.79 Å². The Hall–Kier alpha value is -1.06. The van der Waals surface area contributed by atoms with Crippen molar-refractivity contribution in [2.24, 2.45) is 11.3 Å². The van der Waals surface area contributed by atoms with E-state index in [0.29, 0.717) is 6.61 Å². The van der Waals surface area contributed by atoms with Crippen molar-refractivity contribution in [3.05, 3.63) is 0 Å². The van der Waals surface area contributed by atoms with Crippen LogP contribution in [0, 0.1) is 11.3 Å². The topological polar surface area (TPSA) is 52.6 Å². The molecule has 0 aromatic heterocycles. The molecule has 1 saturated carbocycles. The second-order valence-corrected chi connectivity index (χ2v) is 5.59. The van der Waals surface area contributed by atoms with E-state index in [1.54, 1.807) is 6.92 Å².